The van der Waals surface area contributed by atoms with Gasteiger partial charge >= 0.3 is 0 Å². The summed E-state index contributed by atoms with van der Waals surface area (Å²) < 4.78 is 60.9. The Bertz CT molecular complexity index is 1760. The van der Waals surface area contributed by atoms with Gasteiger partial charge in [-0.25, -0.2) is 16.8 Å². The van der Waals surface area contributed by atoms with E-state index in [-0.39, 0.29) is 16.3 Å². The van der Waals surface area contributed by atoms with Crippen LogP contribution in [0.4, 0.5) is 22.7 Å². The van der Waals surface area contributed by atoms with Gasteiger partial charge in [0.2, 0.25) is 5.91 Å². The van der Waals surface area contributed by atoms with Crippen molar-refractivity contribution in [3.8, 4) is 5.75 Å². The summed E-state index contributed by atoms with van der Waals surface area (Å²) in [6.45, 7) is -0.711. The Balaban J connectivity index is 1.53. The van der Waals surface area contributed by atoms with E-state index in [2.05, 4.69) is 10.0 Å². The summed E-state index contributed by atoms with van der Waals surface area (Å²) in [7, 11) is -6.99. The van der Waals surface area contributed by atoms with Crippen molar-refractivity contribution < 1.29 is 31.3 Å². The van der Waals surface area contributed by atoms with Crippen molar-refractivity contribution >= 4 is 48.7 Å². The van der Waals surface area contributed by atoms with E-state index in [1.165, 1.54) is 55.6 Å². The molecule has 0 bridgehead atoms. The largest absolute Gasteiger partial charge is 0.497 e. The lowest BCUT2D eigenvalue weighted by Crippen LogP contribution is -2.38. The SMILES string of the molecule is COc1ccc(NS(=O)(=O)c2ccc(NC(=O)CN(c3ccccc3)S(=O)(=O)c3ccccc3[N+](=O)[O-])cc2)cc1. The van der Waals surface area contributed by atoms with Gasteiger partial charge in [-0.3, -0.25) is 23.9 Å². The molecule has 0 spiro atoms. The lowest BCUT2D eigenvalue weighted by Gasteiger charge is -2.24. The Kier molecular flexibility index (Phi) is 8.54. The molecule has 212 valence electrons. The van der Waals surface area contributed by atoms with Gasteiger partial charge in [-0.15, -0.1) is 0 Å². The van der Waals surface area contributed by atoms with Gasteiger partial charge in [-0.1, -0.05) is 30.3 Å². The third kappa shape index (κ3) is 6.80. The number of nitro groups is 1. The van der Waals surface area contributed by atoms with Gasteiger partial charge in [0.15, 0.2) is 4.90 Å². The van der Waals surface area contributed by atoms with Gasteiger partial charge < -0.3 is 10.1 Å². The molecule has 0 aliphatic rings. The number of nitrogens with zero attached hydrogens (tertiary/aromatic N) is 2. The highest BCUT2D eigenvalue weighted by Gasteiger charge is 2.33. The molecule has 1 amide bonds. The fourth-order valence-corrected chi connectivity index (χ4v) is 6.42. The molecule has 0 atom stereocenters. The number of anilines is 3. The van der Waals surface area contributed by atoms with Crippen LogP contribution in [-0.4, -0.2) is 41.3 Å². The van der Waals surface area contributed by atoms with E-state index in [0.717, 1.165) is 16.4 Å². The second-order valence-electron chi connectivity index (χ2n) is 8.48. The number of hydrogen-bond donors (Lipinski definition) is 2. The Labute approximate surface area is 236 Å². The van der Waals surface area contributed by atoms with Crippen LogP contribution in [0.5, 0.6) is 5.75 Å². The van der Waals surface area contributed by atoms with Gasteiger partial charge in [0.05, 0.1) is 22.6 Å². The second kappa shape index (κ2) is 12.1. The molecule has 4 aromatic carbocycles. The zero-order valence-electron chi connectivity index (χ0n) is 21.5. The molecule has 0 fully saturated rings. The molecule has 2 N–H and O–H groups in total. The molecule has 4 rings (SSSR count). The van der Waals surface area contributed by atoms with E-state index >= 15 is 0 Å². The number of carbonyl (C=O) groups is 1. The molecule has 0 saturated heterocycles. The number of carbonyl (C=O) groups excluding carboxylic acids is 1. The quantitative estimate of drug-likeness (QED) is 0.192. The highest BCUT2D eigenvalue weighted by Crippen LogP contribution is 2.30. The summed E-state index contributed by atoms with van der Waals surface area (Å²) in [5, 5.41) is 14.0. The number of nitrogens with one attached hydrogen (secondary N) is 2. The average Bonchev–Trinajstić information content (AvgIpc) is 2.97. The second-order valence-corrected chi connectivity index (χ2v) is 12.0. The number of para-hydroxylation sites is 2. The van der Waals surface area contributed by atoms with Crippen LogP contribution in [0.15, 0.2) is 113 Å². The molecule has 14 heteroatoms. The van der Waals surface area contributed by atoms with E-state index in [1.807, 2.05) is 0 Å². The molecule has 0 heterocycles. The first kappa shape index (κ1) is 29.0. The van der Waals surface area contributed by atoms with E-state index < -0.39 is 48.0 Å². The maximum absolute atomic E-state index is 13.5. The van der Waals surface area contributed by atoms with Gasteiger partial charge in [0, 0.05) is 17.4 Å². The fourth-order valence-electron chi connectivity index (χ4n) is 3.78. The zero-order valence-corrected chi connectivity index (χ0v) is 23.1. The van der Waals surface area contributed by atoms with Crippen molar-refractivity contribution in [3.63, 3.8) is 0 Å². The summed E-state index contributed by atoms with van der Waals surface area (Å²) in [5.74, 6) is -0.198. The van der Waals surface area contributed by atoms with Gasteiger partial charge in [0.1, 0.15) is 12.3 Å². The lowest BCUT2D eigenvalue weighted by molar-refractivity contribution is -0.387. The van der Waals surface area contributed by atoms with Gasteiger partial charge in [-0.2, -0.15) is 0 Å². The van der Waals surface area contributed by atoms with Crippen LogP contribution in [0.1, 0.15) is 0 Å². The van der Waals surface area contributed by atoms with Crippen molar-refractivity contribution in [1.29, 1.82) is 0 Å². The summed E-state index contributed by atoms with van der Waals surface area (Å²) in [6.07, 6.45) is 0. The molecule has 0 saturated carbocycles. The minimum Gasteiger partial charge on any atom is -0.497 e. The molecule has 4 aromatic rings. The first-order valence-electron chi connectivity index (χ1n) is 11.9. The van der Waals surface area contributed by atoms with Gasteiger partial charge in [0.25, 0.3) is 25.7 Å². The Morgan fingerprint density at radius 2 is 1.41 bits per heavy atom. The molecular formula is C27H24N4O8S2. The summed E-state index contributed by atoms with van der Waals surface area (Å²) in [6, 6.07) is 24.1. The number of amides is 1. The van der Waals surface area contributed by atoms with Crippen LogP contribution in [0.2, 0.25) is 0 Å². The van der Waals surface area contributed by atoms with E-state index in [0.29, 0.717) is 11.4 Å². The van der Waals surface area contributed by atoms with Crippen LogP contribution >= 0.6 is 0 Å². The standard InChI is InChI=1S/C27H24N4O8S2/c1-39-23-15-11-21(12-16-23)29-40(35,36)24-17-13-20(14-18-24)28-27(32)19-30(22-7-3-2-4-8-22)41(37,38)26-10-6-5-9-25(26)31(33)34/h2-18,29H,19H2,1H3,(H,28,32). The lowest BCUT2D eigenvalue weighted by atomic mass is 10.3. The summed E-state index contributed by atoms with van der Waals surface area (Å²) in [4.78, 5) is 23.0. The number of ether oxygens (including phenoxy) is 1. The predicted octanol–water partition coefficient (Wildman–Crippen LogP) is 4.24. The number of nitro benzene ring substituents is 1. The normalized spacial score (nSPS) is 11.3. The topological polar surface area (TPSA) is 165 Å². The maximum Gasteiger partial charge on any atom is 0.289 e. The Morgan fingerprint density at radius 1 is 0.829 bits per heavy atom. The van der Waals surface area contributed by atoms with Crippen LogP contribution in [0, 0.1) is 10.1 Å². The number of hydrogen-bond acceptors (Lipinski definition) is 8. The van der Waals surface area contributed by atoms with Crippen molar-refractivity contribution in [2.24, 2.45) is 0 Å². The van der Waals surface area contributed by atoms with Crippen LogP contribution < -0.4 is 19.1 Å². The minimum atomic E-state index is -4.54. The van der Waals surface area contributed by atoms with E-state index in [9.17, 15) is 31.7 Å². The van der Waals surface area contributed by atoms with Crippen molar-refractivity contribution in [2.45, 2.75) is 9.79 Å². The summed E-state index contributed by atoms with van der Waals surface area (Å²) >= 11 is 0. The van der Waals surface area contributed by atoms with E-state index in [4.69, 9.17) is 4.74 Å². The maximum atomic E-state index is 13.5. The Morgan fingerprint density at radius 3 is 2.02 bits per heavy atom. The Hall–Kier alpha value is -4.95. The molecule has 0 radical (unpaired) electrons. The molecule has 12 nitrogen and oxygen atoms in total. The number of benzene rings is 4. The molecule has 0 aliphatic heterocycles. The van der Waals surface area contributed by atoms with Crippen molar-refractivity contribution in [2.75, 3.05) is 28.0 Å². The first-order chi connectivity index (χ1) is 19.5. The van der Waals surface area contributed by atoms with Crippen LogP contribution in [0.3, 0.4) is 0 Å². The smallest absolute Gasteiger partial charge is 0.289 e. The minimum absolute atomic E-state index is 0.0730. The van der Waals surface area contributed by atoms with Crippen LogP contribution in [-0.2, 0) is 24.8 Å². The zero-order chi connectivity index (χ0) is 29.6. The third-order valence-corrected chi connectivity index (χ3v) is 8.97. The number of methoxy groups -OCH3 is 1. The molecule has 0 unspecified atom stereocenters. The van der Waals surface area contributed by atoms with Crippen molar-refractivity contribution in [1.82, 2.24) is 0 Å². The van der Waals surface area contributed by atoms with E-state index in [1.54, 1.807) is 42.5 Å². The molecular weight excluding hydrogens is 572 g/mol. The monoisotopic (exact) mass is 596 g/mol. The number of sulfonamides is 2. The summed E-state index contributed by atoms with van der Waals surface area (Å²) in [5.41, 5.74) is 0.0132. The van der Waals surface area contributed by atoms with Crippen molar-refractivity contribution in [3.05, 3.63) is 113 Å². The van der Waals surface area contributed by atoms with Gasteiger partial charge in [-0.05, 0) is 66.7 Å². The number of rotatable bonds is 11. The highest BCUT2D eigenvalue weighted by atomic mass is 32.2. The molecule has 41 heavy (non-hydrogen) atoms. The fraction of sp³-hybridized carbons (Fsp3) is 0.0741. The predicted molar refractivity (Wildman–Crippen MR) is 153 cm³/mol. The first-order valence-corrected chi connectivity index (χ1v) is 14.8. The molecule has 0 aliphatic carbocycles. The molecule has 0 aromatic heterocycles. The average molecular weight is 597 g/mol. The highest BCUT2D eigenvalue weighted by molar-refractivity contribution is 7.93. The van der Waals surface area contributed by atoms with Crippen LogP contribution in [0.25, 0.3) is 0 Å². The third-order valence-electron chi connectivity index (χ3n) is 5.75.